The van der Waals surface area contributed by atoms with Gasteiger partial charge in [0, 0.05) is 41.9 Å². The van der Waals surface area contributed by atoms with E-state index < -0.39 is 0 Å². The van der Waals surface area contributed by atoms with Crippen molar-refractivity contribution in [2.24, 2.45) is 0 Å². The molecule has 0 spiro atoms. The number of methoxy groups -OCH3 is 2. The summed E-state index contributed by atoms with van der Waals surface area (Å²) < 4.78 is 22.2. The lowest BCUT2D eigenvalue weighted by molar-refractivity contribution is 0.0679. The summed E-state index contributed by atoms with van der Waals surface area (Å²) in [5.41, 5.74) is 2.66. The summed E-state index contributed by atoms with van der Waals surface area (Å²) in [6.45, 7) is 1.90. The minimum Gasteiger partial charge on any atom is -0.497 e. The van der Waals surface area contributed by atoms with Crippen LogP contribution in [-0.2, 0) is 11.2 Å². The van der Waals surface area contributed by atoms with Crippen molar-refractivity contribution < 1.29 is 23.7 Å². The van der Waals surface area contributed by atoms with Gasteiger partial charge in [-0.3, -0.25) is 4.79 Å². The number of aryl methyl sites for hydroxylation is 1. The molecule has 1 fully saturated rings. The van der Waals surface area contributed by atoms with Crippen molar-refractivity contribution in [2.45, 2.75) is 31.8 Å². The lowest BCUT2D eigenvalue weighted by Gasteiger charge is -2.12. The van der Waals surface area contributed by atoms with Gasteiger partial charge in [-0.15, -0.1) is 0 Å². The quantitative estimate of drug-likeness (QED) is 0.466. The Hall–Kier alpha value is -3.19. The van der Waals surface area contributed by atoms with E-state index in [4.69, 9.17) is 18.9 Å². The van der Waals surface area contributed by atoms with Crippen molar-refractivity contribution in [2.75, 3.05) is 34.0 Å². The largest absolute Gasteiger partial charge is 0.497 e. The lowest BCUT2D eigenvalue weighted by atomic mass is 10.2. The molecule has 0 saturated carbocycles. The van der Waals surface area contributed by atoms with Crippen LogP contribution in [0.25, 0.3) is 10.9 Å². The topological polar surface area (TPSA) is 81.8 Å². The van der Waals surface area contributed by atoms with Crippen molar-refractivity contribution in [1.29, 1.82) is 0 Å². The van der Waals surface area contributed by atoms with Gasteiger partial charge in [0.2, 0.25) is 0 Å². The number of hydrogen-bond acceptors (Lipinski definition) is 5. The SMILES string of the molecule is COc1cc(OC)c2cc(CCCNC(=O)c3cccc(OCC4CCCO4)c3)[nH]c2c1. The highest BCUT2D eigenvalue weighted by Crippen LogP contribution is 2.31. The third-order valence-corrected chi connectivity index (χ3v) is 5.65. The van der Waals surface area contributed by atoms with Gasteiger partial charge in [-0.2, -0.15) is 0 Å². The summed E-state index contributed by atoms with van der Waals surface area (Å²) in [5.74, 6) is 2.11. The van der Waals surface area contributed by atoms with E-state index >= 15 is 0 Å². The zero-order valence-electron chi connectivity index (χ0n) is 18.6. The van der Waals surface area contributed by atoms with E-state index in [2.05, 4.69) is 16.4 Å². The first-order valence-electron chi connectivity index (χ1n) is 11.0. The predicted octanol–water partition coefficient (Wildman–Crippen LogP) is 4.11. The molecule has 1 aromatic heterocycles. The van der Waals surface area contributed by atoms with Crippen molar-refractivity contribution in [1.82, 2.24) is 10.3 Å². The summed E-state index contributed by atoms with van der Waals surface area (Å²) in [6, 6.07) is 13.2. The summed E-state index contributed by atoms with van der Waals surface area (Å²) in [6.07, 6.45) is 3.88. The molecule has 1 aliphatic rings. The number of fused-ring (bicyclic) bond motifs is 1. The van der Waals surface area contributed by atoms with Gasteiger partial charge in [0.25, 0.3) is 5.91 Å². The summed E-state index contributed by atoms with van der Waals surface area (Å²) in [7, 11) is 3.29. The van der Waals surface area contributed by atoms with E-state index in [-0.39, 0.29) is 12.0 Å². The second kappa shape index (κ2) is 10.4. The maximum absolute atomic E-state index is 12.5. The molecular weight excluding hydrogens is 408 g/mol. The fourth-order valence-electron chi connectivity index (χ4n) is 3.93. The smallest absolute Gasteiger partial charge is 0.251 e. The number of carbonyl (C=O) groups excluding carboxylic acids is 1. The standard InChI is InChI=1S/C25H30N2O5/c1-29-21-14-23-22(24(15-21)30-2)13-18(27-23)7-4-10-26-25(28)17-6-3-8-19(12-17)32-16-20-9-5-11-31-20/h3,6,8,12-15,20,27H,4-5,7,9-11,16H2,1-2H3,(H,26,28). The van der Waals surface area contributed by atoms with E-state index in [1.165, 1.54) is 0 Å². The molecule has 1 unspecified atom stereocenters. The minimum atomic E-state index is -0.101. The fourth-order valence-corrected chi connectivity index (χ4v) is 3.93. The lowest BCUT2D eigenvalue weighted by Crippen LogP contribution is -2.25. The predicted molar refractivity (Wildman–Crippen MR) is 123 cm³/mol. The molecule has 32 heavy (non-hydrogen) atoms. The van der Waals surface area contributed by atoms with Gasteiger partial charge in [0.1, 0.15) is 23.9 Å². The van der Waals surface area contributed by atoms with Gasteiger partial charge >= 0.3 is 0 Å². The van der Waals surface area contributed by atoms with Crippen LogP contribution in [0.1, 0.15) is 35.3 Å². The van der Waals surface area contributed by atoms with Crippen molar-refractivity contribution in [3.05, 3.63) is 53.7 Å². The highest BCUT2D eigenvalue weighted by atomic mass is 16.5. The molecule has 0 bridgehead atoms. The zero-order chi connectivity index (χ0) is 22.3. The maximum atomic E-state index is 12.5. The molecule has 0 aliphatic carbocycles. The number of carbonyl (C=O) groups is 1. The molecule has 1 atom stereocenters. The number of aromatic amines is 1. The number of H-pyrrole nitrogens is 1. The van der Waals surface area contributed by atoms with E-state index in [9.17, 15) is 4.79 Å². The van der Waals surface area contributed by atoms with Crippen LogP contribution in [-0.4, -0.2) is 51.0 Å². The van der Waals surface area contributed by atoms with Gasteiger partial charge in [0.05, 0.1) is 25.8 Å². The highest BCUT2D eigenvalue weighted by Gasteiger charge is 2.16. The second-order valence-electron chi connectivity index (χ2n) is 7.92. The Bertz CT molecular complexity index is 1060. The zero-order valence-corrected chi connectivity index (χ0v) is 18.6. The van der Waals surface area contributed by atoms with Gasteiger partial charge in [0.15, 0.2) is 0 Å². The van der Waals surface area contributed by atoms with Crippen molar-refractivity contribution >= 4 is 16.8 Å². The average Bonchev–Trinajstić information content (AvgIpc) is 3.49. The van der Waals surface area contributed by atoms with Crippen molar-refractivity contribution in [3.8, 4) is 17.2 Å². The number of hydrogen-bond donors (Lipinski definition) is 2. The molecule has 7 heteroatoms. The van der Waals surface area contributed by atoms with Gasteiger partial charge in [-0.1, -0.05) is 6.07 Å². The van der Waals surface area contributed by atoms with Crippen molar-refractivity contribution in [3.63, 3.8) is 0 Å². The van der Waals surface area contributed by atoms with Gasteiger partial charge in [-0.05, 0) is 49.9 Å². The van der Waals surface area contributed by atoms with Crippen LogP contribution in [0.4, 0.5) is 0 Å². The van der Waals surface area contributed by atoms with Crippen LogP contribution in [0.15, 0.2) is 42.5 Å². The number of rotatable bonds is 10. The first kappa shape index (κ1) is 22.0. The Balaban J connectivity index is 1.27. The Morgan fingerprint density at radius 2 is 2.06 bits per heavy atom. The molecule has 2 N–H and O–H groups in total. The molecule has 2 heterocycles. The third-order valence-electron chi connectivity index (χ3n) is 5.65. The van der Waals surface area contributed by atoms with Crippen LogP contribution in [0, 0.1) is 0 Å². The monoisotopic (exact) mass is 438 g/mol. The number of aromatic nitrogens is 1. The summed E-state index contributed by atoms with van der Waals surface area (Å²) >= 11 is 0. The van der Waals surface area contributed by atoms with E-state index in [0.717, 1.165) is 60.4 Å². The maximum Gasteiger partial charge on any atom is 0.251 e. The minimum absolute atomic E-state index is 0.101. The number of benzene rings is 2. The first-order chi connectivity index (χ1) is 15.7. The third kappa shape index (κ3) is 5.34. The van der Waals surface area contributed by atoms with E-state index in [0.29, 0.717) is 24.5 Å². The van der Waals surface area contributed by atoms with E-state index in [1.54, 1.807) is 26.4 Å². The van der Waals surface area contributed by atoms with Crippen LogP contribution in [0.3, 0.4) is 0 Å². The fraction of sp³-hybridized carbons (Fsp3) is 0.400. The van der Waals surface area contributed by atoms with Crippen LogP contribution in [0.5, 0.6) is 17.2 Å². The molecule has 1 aliphatic heterocycles. The first-order valence-corrected chi connectivity index (χ1v) is 11.0. The molecule has 1 saturated heterocycles. The summed E-state index contributed by atoms with van der Waals surface area (Å²) in [4.78, 5) is 15.9. The molecule has 2 aromatic carbocycles. The molecular formula is C25H30N2O5. The molecule has 170 valence electrons. The van der Waals surface area contributed by atoms with Crippen LogP contribution in [0.2, 0.25) is 0 Å². The second-order valence-corrected chi connectivity index (χ2v) is 7.92. The normalized spacial score (nSPS) is 15.6. The van der Waals surface area contributed by atoms with E-state index in [1.807, 2.05) is 24.3 Å². The van der Waals surface area contributed by atoms with Gasteiger partial charge < -0.3 is 29.2 Å². The Morgan fingerprint density at radius 1 is 1.16 bits per heavy atom. The Labute approximate surface area is 188 Å². The number of ether oxygens (including phenoxy) is 4. The van der Waals surface area contributed by atoms with Gasteiger partial charge in [-0.25, -0.2) is 0 Å². The Kier molecular flexibility index (Phi) is 7.17. The summed E-state index contributed by atoms with van der Waals surface area (Å²) in [5, 5.41) is 4.01. The van der Waals surface area contributed by atoms with Crippen LogP contribution < -0.4 is 19.5 Å². The average molecular weight is 439 g/mol. The molecule has 3 aromatic rings. The molecule has 4 rings (SSSR count). The van der Waals surface area contributed by atoms with Crippen LogP contribution >= 0.6 is 0 Å². The highest BCUT2D eigenvalue weighted by molar-refractivity contribution is 5.94. The number of nitrogens with one attached hydrogen (secondary N) is 2. The number of amides is 1. The molecule has 7 nitrogen and oxygen atoms in total. The molecule has 0 radical (unpaired) electrons. The Morgan fingerprint density at radius 3 is 2.84 bits per heavy atom. The molecule has 1 amide bonds.